The lowest BCUT2D eigenvalue weighted by molar-refractivity contribution is 0.445. The molecule has 0 N–H and O–H groups in total. The molecule has 0 atom stereocenters. The van der Waals surface area contributed by atoms with Crippen LogP contribution >= 0.6 is 0 Å². The summed E-state index contributed by atoms with van der Waals surface area (Å²) in [6, 6.07) is 8.80. The molecule has 0 aliphatic heterocycles. The molecular formula is C16H19N. The number of aromatic nitrogens is 1. The van der Waals surface area contributed by atoms with Gasteiger partial charge in [-0.15, -0.1) is 0 Å². The topological polar surface area (TPSA) is 12.9 Å². The molecule has 1 aliphatic rings. The summed E-state index contributed by atoms with van der Waals surface area (Å²) in [6.45, 7) is 2.18. The summed E-state index contributed by atoms with van der Waals surface area (Å²) in [4.78, 5) is 4.62. The van der Waals surface area contributed by atoms with Crippen molar-refractivity contribution in [1.82, 2.24) is 4.98 Å². The van der Waals surface area contributed by atoms with Crippen LogP contribution in [0.1, 0.15) is 49.1 Å². The third kappa shape index (κ3) is 1.95. The first-order chi connectivity index (χ1) is 8.36. The van der Waals surface area contributed by atoms with E-state index >= 15 is 0 Å². The Balaban J connectivity index is 2.12. The maximum atomic E-state index is 4.62. The van der Waals surface area contributed by atoms with Crippen molar-refractivity contribution in [2.75, 3.05) is 0 Å². The van der Waals surface area contributed by atoms with Gasteiger partial charge >= 0.3 is 0 Å². The SMILES string of the molecule is Cc1ccc(C2CCCCC2)c2ncccc12. The highest BCUT2D eigenvalue weighted by Crippen LogP contribution is 2.36. The van der Waals surface area contributed by atoms with Gasteiger partial charge in [0.05, 0.1) is 5.52 Å². The van der Waals surface area contributed by atoms with Gasteiger partial charge in [-0.3, -0.25) is 4.98 Å². The van der Waals surface area contributed by atoms with E-state index in [1.54, 1.807) is 0 Å². The molecule has 1 nitrogen and oxygen atoms in total. The van der Waals surface area contributed by atoms with Crippen LogP contribution in [0.25, 0.3) is 10.9 Å². The van der Waals surface area contributed by atoms with Crippen LogP contribution in [0.5, 0.6) is 0 Å². The first kappa shape index (κ1) is 10.8. The van der Waals surface area contributed by atoms with Crippen molar-refractivity contribution in [3.63, 3.8) is 0 Å². The maximum absolute atomic E-state index is 4.62. The first-order valence-electron chi connectivity index (χ1n) is 6.70. The van der Waals surface area contributed by atoms with E-state index in [4.69, 9.17) is 0 Å². The van der Waals surface area contributed by atoms with Gasteiger partial charge in [0.15, 0.2) is 0 Å². The van der Waals surface area contributed by atoms with Gasteiger partial charge in [-0.25, -0.2) is 0 Å². The largest absolute Gasteiger partial charge is 0.256 e. The molecule has 1 aromatic carbocycles. The predicted molar refractivity (Wildman–Crippen MR) is 72.3 cm³/mol. The molecule has 2 aromatic rings. The van der Waals surface area contributed by atoms with Gasteiger partial charge in [0, 0.05) is 11.6 Å². The monoisotopic (exact) mass is 225 g/mol. The molecule has 1 fully saturated rings. The molecule has 0 radical (unpaired) electrons. The quantitative estimate of drug-likeness (QED) is 0.691. The van der Waals surface area contributed by atoms with Crippen molar-refractivity contribution in [2.45, 2.75) is 44.9 Å². The van der Waals surface area contributed by atoms with Crippen molar-refractivity contribution in [1.29, 1.82) is 0 Å². The highest BCUT2D eigenvalue weighted by molar-refractivity contribution is 5.85. The zero-order chi connectivity index (χ0) is 11.7. The maximum Gasteiger partial charge on any atom is 0.0739 e. The van der Waals surface area contributed by atoms with Crippen molar-refractivity contribution in [3.05, 3.63) is 41.6 Å². The smallest absolute Gasteiger partial charge is 0.0739 e. The number of rotatable bonds is 1. The number of hydrogen-bond donors (Lipinski definition) is 0. The highest BCUT2D eigenvalue weighted by atomic mass is 14.7. The van der Waals surface area contributed by atoms with Crippen molar-refractivity contribution in [2.24, 2.45) is 0 Å². The number of pyridine rings is 1. The molecule has 17 heavy (non-hydrogen) atoms. The average molecular weight is 225 g/mol. The lowest BCUT2D eigenvalue weighted by atomic mass is 9.83. The summed E-state index contributed by atoms with van der Waals surface area (Å²) in [5.41, 5.74) is 4.05. The van der Waals surface area contributed by atoms with Crippen LogP contribution in [0.3, 0.4) is 0 Å². The van der Waals surface area contributed by atoms with Crippen LogP contribution in [0, 0.1) is 6.92 Å². The van der Waals surface area contributed by atoms with E-state index in [0.717, 1.165) is 5.92 Å². The predicted octanol–water partition coefficient (Wildman–Crippen LogP) is 4.59. The third-order valence-electron chi connectivity index (χ3n) is 4.06. The Labute approximate surface area is 103 Å². The minimum absolute atomic E-state index is 0.738. The molecule has 0 saturated heterocycles. The molecule has 88 valence electrons. The van der Waals surface area contributed by atoms with E-state index in [9.17, 15) is 0 Å². The number of fused-ring (bicyclic) bond motifs is 1. The summed E-state index contributed by atoms with van der Waals surface area (Å²) in [5.74, 6) is 0.738. The van der Waals surface area contributed by atoms with E-state index in [-0.39, 0.29) is 0 Å². The van der Waals surface area contributed by atoms with Crippen LogP contribution in [-0.4, -0.2) is 4.98 Å². The van der Waals surface area contributed by atoms with Crippen LogP contribution in [-0.2, 0) is 0 Å². The van der Waals surface area contributed by atoms with Gasteiger partial charge in [0.1, 0.15) is 0 Å². The fourth-order valence-electron chi connectivity index (χ4n) is 3.08. The molecule has 1 aliphatic carbocycles. The lowest BCUT2D eigenvalue weighted by Gasteiger charge is -2.23. The summed E-state index contributed by atoms with van der Waals surface area (Å²) in [7, 11) is 0. The Morgan fingerprint density at radius 2 is 1.88 bits per heavy atom. The molecule has 1 heteroatoms. The summed E-state index contributed by atoms with van der Waals surface area (Å²) >= 11 is 0. The molecule has 0 unspecified atom stereocenters. The molecule has 1 heterocycles. The molecule has 1 aromatic heterocycles. The van der Waals surface area contributed by atoms with Crippen LogP contribution in [0.4, 0.5) is 0 Å². The molecule has 0 amide bonds. The van der Waals surface area contributed by atoms with Gasteiger partial charge in [-0.2, -0.15) is 0 Å². The second-order valence-corrected chi connectivity index (χ2v) is 5.21. The second kappa shape index (κ2) is 4.48. The minimum atomic E-state index is 0.738. The van der Waals surface area contributed by atoms with E-state index in [1.807, 2.05) is 12.3 Å². The third-order valence-corrected chi connectivity index (χ3v) is 4.06. The molecule has 0 spiro atoms. The summed E-state index contributed by atoms with van der Waals surface area (Å²) in [5, 5.41) is 1.33. The van der Waals surface area contributed by atoms with Gasteiger partial charge in [0.25, 0.3) is 0 Å². The fourth-order valence-corrected chi connectivity index (χ4v) is 3.08. The molecule has 1 saturated carbocycles. The van der Waals surface area contributed by atoms with E-state index in [1.165, 1.54) is 54.1 Å². The van der Waals surface area contributed by atoms with Gasteiger partial charge in [-0.05, 0) is 42.9 Å². The van der Waals surface area contributed by atoms with E-state index < -0.39 is 0 Å². The Hall–Kier alpha value is -1.37. The Morgan fingerprint density at radius 3 is 2.71 bits per heavy atom. The van der Waals surface area contributed by atoms with Crippen LogP contribution in [0.15, 0.2) is 30.5 Å². The fraction of sp³-hybridized carbons (Fsp3) is 0.438. The highest BCUT2D eigenvalue weighted by Gasteiger charge is 2.18. The Kier molecular flexibility index (Phi) is 2.84. The van der Waals surface area contributed by atoms with Crippen LogP contribution in [0.2, 0.25) is 0 Å². The molecule has 0 bridgehead atoms. The normalized spacial score (nSPS) is 17.5. The van der Waals surface area contributed by atoms with Gasteiger partial charge in [0.2, 0.25) is 0 Å². The zero-order valence-corrected chi connectivity index (χ0v) is 10.4. The molecular weight excluding hydrogens is 206 g/mol. The van der Waals surface area contributed by atoms with Crippen LogP contribution < -0.4 is 0 Å². The zero-order valence-electron chi connectivity index (χ0n) is 10.4. The Bertz CT molecular complexity index is 524. The van der Waals surface area contributed by atoms with E-state index in [2.05, 4.69) is 30.1 Å². The number of benzene rings is 1. The Morgan fingerprint density at radius 1 is 1.06 bits per heavy atom. The number of aryl methyl sites for hydroxylation is 1. The van der Waals surface area contributed by atoms with Gasteiger partial charge in [-0.1, -0.05) is 37.5 Å². The minimum Gasteiger partial charge on any atom is -0.256 e. The number of nitrogens with zero attached hydrogens (tertiary/aromatic N) is 1. The lowest BCUT2D eigenvalue weighted by Crippen LogP contribution is -2.05. The standard InChI is InChI=1S/C16H19N/c1-12-9-10-15(13-6-3-2-4-7-13)16-14(12)8-5-11-17-16/h5,8-11,13H,2-4,6-7H2,1H3. The summed E-state index contributed by atoms with van der Waals surface area (Å²) < 4.78 is 0. The second-order valence-electron chi connectivity index (χ2n) is 5.21. The van der Waals surface area contributed by atoms with Crippen molar-refractivity contribution in [3.8, 4) is 0 Å². The van der Waals surface area contributed by atoms with Crippen molar-refractivity contribution >= 4 is 10.9 Å². The number of hydrogen-bond acceptors (Lipinski definition) is 1. The van der Waals surface area contributed by atoms with Crippen molar-refractivity contribution < 1.29 is 0 Å². The van der Waals surface area contributed by atoms with Gasteiger partial charge < -0.3 is 0 Å². The molecule has 3 rings (SSSR count). The van der Waals surface area contributed by atoms with E-state index in [0.29, 0.717) is 0 Å². The first-order valence-corrected chi connectivity index (χ1v) is 6.70. The average Bonchev–Trinajstić information content (AvgIpc) is 2.41. The summed E-state index contributed by atoms with van der Waals surface area (Å²) in [6.07, 6.45) is 8.78.